The first kappa shape index (κ1) is 15.4. The molecule has 0 spiro atoms. The summed E-state index contributed by atoms with van der Waals surface area (Å²) in [6, 6.07) is -0.154. The molecule has 0 aromatic rings. The molecule has 0 radical (unpaired) electrons. The van der Waals surface area contributed by atoms with Crippen molar-refractivity contribution in [1.29, 1.82) is 0 Å². The molecule has 0 aliphatic rings. The summed E-state index contributed by atoms with van der Waals surface area (Å²) >= 11 is 0. The highest BCUT2D eigenvalue weighted by molar-refractivity contribution is 5.82. The monoisotopic (exact) mass is 228 g/mol. The largest absolute Gasteiger partial charge is 0.355 e. The van der Waals surface area contributed by atoms with Gasteiger partial charge in [0.05, 0.1) is 6.04 Å². The van der Waals surface area contributed by atoms with E-state index in [1.807, 2.05) is 0 Å². The second-order valence-corrected chi connectivity index (χ2v) is 6.48. The Morgan fingerprint density at radius 3 is 1.94 bits per heavy atom. The van der Waals surface area contributed by atoms with Crippen LogP contribution in [0.4, 0.5) is 0 Å². The summed E-state index contributed by atoms with van der Waals surface area (Å²) in [7, 11) is 0. The zero-order valence-corrected chi connectivity index (χ0v) is 11.9. The van der Waals surface area contributed by atoms with Gasteiger partial charge in [0.2, 0.25) is 5.91 Å². The van der Waals surface area contributed by atoms with Crippen LogP contribution >= 0.6 is 0 Å². The molecule has 1 amide bonds. The first-order chi connectivity index (χ1) is 7.08. The Hall–Kier alpha value is -0.570. The summed E-state index contributed by atoms with van der Waals surface area (Å²) in [6.07, 6.45) is 0.970. The van der Waals surface area contributed by atoms with E-state index in [1.165, 1.54) is 0 Å². The molecule has 16 heavy (non-hydrogen) atoms. The maximum Gasteiger partial charge on any atom is 0.237 e. The van der Waals surface area contributed by atoms with Crippen LogP contribution in [0.25, 0.3) is 0 Å². The average Bonchev–Trinajstić information content (AvgIpc) is 2.07. The van der Waals surface area contributed by atoms with Gasteiger partial charge in [-0.05, 0) is 32.6 Å². The van der Waals surface area contributed by atoms with Gasteiger partial charge in [-0.15, -0.1) is 0 Å². The molecule has 3 nitrogen and oxygen atoms in total. The van der Waals surface area contributed by atoms with Gasteiger partial charge >= 0.3 is 0 Å². The fourth-order valence-electron chi connectivity index (χ4n) is 1.46. The number of carbonyl (C=O) groups excluding carboxylic acids is 1. The predicted molar refractivity (Wildman–Crippen MR) is 69.4 cm³/mol. The van der Waals surface area contributed by atoms with E-state index in [1.54, 1.807) is 0 Å². The molecule has 0 aromatic carbocycles. The van der Waals surface area contributed by atoms with Crippen molar-refractivity contribution in [2.75, 3.05) is 6.54 Å². The summed E-state index contributed by atoms with van der Waals surface area (Å²) in [5, 5.41) is 6.35. The fourth-order valence-corrected chi connectivity index (χ4v) is 1.46. The molecule has 0 aliphatic heterocycles. The van der Waals surface area contributed by atoms with Gasteiger partial charge in [0, 0.05) is 12.1 Å². The van der Waals surface area contributed by atoms with Crippen LogP contribution in [0, 0.1) is 5.41 Å². The maximum absolute atomic E-state index is 12.1. The third-order valence-corrected chi connectivity index (χ3v) is 2.25. The van der Waals surface area contributed by atoms with Gasteiger partial charge in [-0.1, -0.05) is 27.7 Å². The molecule has 0 saturated carbocycles. The molecule has 3 heteroatoms. The van der Waals surface area contributed by atoms with E-state index in [0.29, 0.717) is 0 Å². The Kier molecular flexibility index (Phi) is 5.47. The Labute approximate surface area is 100 Å². The minimum atomic E-state index is -0.154. The van der Waals surface area contributed by atoms with Gasteiger partial charge in [-0.25, -0.2) is 0 Å². The third kappa shape index (κ3) is 6.11. The molecular weight excluding hydrogens is 200 g/mol. The van der Waals surface area contributed by atoms with Crippen molar-refractivity contribution in [2.24, 2.45) is 5.41 Å². The zero-order chi connectivity index (χ0) is 13.0. The van der Waals surface area contributed by atoms with Crippen molar-refractivity contribution in [3.63, 3.8) is 0 Å². The highest BCUT2D eigenvalue weighted by atomic mass is 16.2. The SMILES string of the molecule is CCCNC(=O)C(NC(C)(C)C)C(C)(C)C. The van der Waals surface area contributed by atoms with Crippen molar-refractivity contribution in [2.45, 2.75) is 66.5 Å². The van der Waals surface area contributed by atoms with Crippen molar-refractivity contribution >= 4 is 5.91 Å². The van der Waals surface area contributed by atoms with Crippen molar-refractivity contribution < 1.29 is 4.79 Å². The number of carbonyl (C=O) groups is 1. The summed E-state index contributed by atoms with van der Waals surface area (Å²) in [5.41, 5.74) is -0.132. The van der Waals surface area contributed by atoms with Crippen LogP contribution in [-0.2, 0) is 4.79 Å². The number of rotatable bonds is 4. The fraction of sp³-hybridized carbons (Fsp3) is 0.923. The minimum absolute atomic E-state index is 0.0541. The Morgan fingerprint density at radius 1 is 1.12 bits per heavy atom. The smallest absolute Gasteiger partial charge is 0.237 e. The highest BCUT2D eigenvalue weighted by Crippen LogP contribution is 2.21. The lowest BCUT2D eigenvalue weighted by Gasteiger charge is -2.36. The van der Waals surface area contributed by atoms with Gasteiger partial charge in [-0.2, -0.15) is 0 Å². The average molecular weight is 228 g/mol. The van der Waals surface area contributed by atoms with E-state index in [9.17, 15) is 4.79 Å². The Balaban J connectivity index is 4.62. The second kappa shape index (κ2) is 5.67. The van der Waals surface area contributed by atoms with Gasteiger partial charge in [0.15, 0.2) is 0 Å². The molecule has 0 heterocycles. The summed E-state index contributed by atoms with van der Waals surface area (Å²) in [5.74, 6) is 0.101. The van der Waals surface area contributed by atoms with Crippen LogP contribution in [-0.4, -0.2) is 24.0 Å². The molecular formula is C13H28N2O. The lowest BCUT2D eigenvalue weighted by atomic mass is 9.84. The first-order valence-corrected chi connectivity index (χ1v) is 6.13. The second-order valence-electron chi connectivity index (χ2n) is 6.48. The van der Waals surface area contributed by atoms with E-state index in [0.717, 1.165) is 13.0 Å². The summed E-state index contributed by atoms with van der Waals surface area (Å²) < 4.78 is 0. The molecule has 96 valence electrons. The molecule has 0 aromatic heterocycles. The quantitative estimate of drug-likeness (QED) is 0.775. The molecule has 1 unspecified atom stereocenters. The van der Waals surface area contributed by atoms with E-state index in [2.05, 4.69) is 59.1 Å². The standard InChI is InChI=1S/C13H28N2O/c1-8-9-14-11(16)10(12(2,3)4)15-13(5,6)7/h10,15H,8-9H2,1-7H3,(H,14,16). The molecule has 0 aliphatic carbocycles. The lowest BCUT2D eigenvalue weighted by Crippen LogP contribution is -2.57. The number of hydrogen-bond donors (Lipinski definition) is 2. The van der Waals surface area contributed by atoms with Crippen LogP contribution in [0.3, 0.4) is 0 Å². The van der Waals surface area contributed by atoms with E-state index < -0.39 is 0 Å². The molecule has 1 atom stereocenters. The zero-order valence-electron chi connectivity index (χ0n) is 11.9. The van der Waals surface area contributed by atoms with Crippen molar-refractivity contribution in [3.8, 4) is 0 Å². The molecule has 0 saturated heterocycles. The van der Waals surface area contributed by atoms with Crippen molar-refractivity contribution in [1.82, 2.24) is 10.6 Å². The van der Waals surface area contributed by atoms with Crippen molar-refractivity contribution in [3.05, 3.63) is 0 Å². The van der Waals surface area contributed by atoms with E-state index in [4.69, 9.17) is 0 Å². The number of hydrogen-bond acceptors (Lipinski definition) is 2. The van der Waals surface area contributed by atoms with Crippen LogP contribution in [0.5, 0.6) is 0 Å². The number of amides is 1. The normalized spacial score (nSPS) is 14.7. The Morgan fingerprint density at radius 2 is 1.62 bits per heavy atom. The van der Waals surface area contributed by atoms with Crippen LogP contribution < -0.4 is 10.6 Å². The third-order valence-electron chi connectivity index (χ3n) is 2.25. The highest BCUT2D eigenvalue weighted by Gasteiger charge is 2.33. The van der Waals surface area contributed by atoms with Gasteiger partial charge < -0.3 is 10.6 Å². The summed E-state index contributed by atoms with van der Waals surface area (Å²) in [4.78, 5) is 12.1. The minimum Gasteiger partial charge on any atom is -0.355 e. The van der Waals surface area contributed by atoms with E-state index in [-0.39, 0.29) is 22.9 Å². The molecule has 2 N–H and O–H groups in total. The number of nitrogens with one attached hydrogen (secondary N) is 2. The molecule has 0 fully saturated rings. The van der Waals surface area contributed by atoms with Gasteiger partial charge in [-0.3, -0.25) is 4.79 Å². The van der Waals surface area contributed by atoms with Gasteiger partial charge in [0.25, 0.3) is 0 Å². The Bertz CT molecular complexity index is 223. The topological polar surface area (TPSA) is 41.1 Å². The maximum atomic E-state index is 12.1. The molecule has 0 bridgehead atoms. The van der Waals surface area contributed by atoms with Crippen LogP contribution in [0.2, 0.25) is 0 Å². The lowest BCUT2D eigenvalue weighted by molar-refractivity contribution is -0.126. The van der Waals surface area contributed by atoms with Crippen LogP contribution in [0.1, 0.15) is 54.9 Å². The van der Waals surface area contributed by atoms with Gasteiger partial charge in [0.1, 0.15) is 0 Å². The van der Waals surface area contributed by atoms with Crippen LogP contribution in [0.15, 0.2) is 0 Å². The first-order valence-electron chi connectivity index (χ1n) is 6.13. The van der Waals surface area contributed by atoms with E-state index >= 15 is 0 Å². The molecule has 0 rings (SSSR count). The summed E-state index contributed by atoms with van der Waals surface area (Å²) in [6.45, 7) is 15.3. The predicted octanol–water partition coefficient (Wildman–Crippen LogP) is 2.32.